The van der Waals surface area contributed by atoms with Gasteiger partial charge in [-0.2, -0.15) is 0 Å². The molecule has 0 saturated carbocycles. The lowest BCUT2D eigenvalue weighted by Gasteiger charge is -2.31. The van der Waals surface area contributed by atoms with Crippen molar-refractivity contribution in [2.45, 2.75) is 46.2 Å². The fraction of sp³-hybridized carbons (Fsp3) is 0.394. The topological polar surface area (TPSA) is 18.5 Å². The standard InChI is InChI=1S/C33H43N3/c1-6-35(7-2)30-18-14-25(15-19-30)33(26-16-20-31(21-17-26)36(8-3)9-4)28-22-27-12-10-11-13-32(27)29(23-28)24-34-5/h10-23,25,30,33-34H,6-9,24H2,1-5H3. The highest BCUT2D eigenvalue weighted by Gasteiger charge is 2.26. The Balaban J connectivity index is 1.78. The zero-order chi connectivity index (χ0) is 25.5. The molecule has 36 heavy (non-hydrogen) atoms. The summed E-state index contributed by atoms with van der Waals surface area (Å²) in [5, 5.41) is 6.04. The molecule has 0 spiro atoms. The van der Waals surface area contributed by atoms with Gasteiger partial charge in [0.05, 0.1) is 0 Å². The normalized spacial score (nSPS) is 18.2. The van der Waals surface area contributed by atoms with Gasteiger partial charge in [0.2, 0.25) is 0 Å². The number of nitrogens with zero attached hydrogens (tertiary/aromatic N) is 2. The Morgan fingerprint density at radius 2 is 1.42 bits per heavy atom. The fourth-order valence-electron chi connectivity index (χ4n) is 5.77. The molecule has 3 aromatic carbocycles. The summed E-state index contributed by atoms with van der Waals surface area (Å²) in [6.07, 6.45) is 9.70. The van der Waals surface area contributed by atoms with Gasteiger partial charge in [-0.3, -0.25) is 4.90 Å². The highest BCUT2D eigenvalue weighted by molar-refractivity contribution is 5.86. The molecule has 0 bridgehead atoms. The number of hydrogen-bond donors (Lipinski definition) is 1. The van der Waals surface area contributed by atoms with Crippen LogP contribution in [0.1, 0.15) is 50.3 Å². The first kappa shape index (κ1) is 26.2. The molecule has 0 aliphatic heterocycles. The molecule has 0 heterocycles. The summed E-state index contributed by atoms with van der Waals surface area (Å²) < 4.78 is 0. The third-order valence-electron chi connectivity index (χ3n) is 7.76. The average Bonchev–Trinajstić information content (AvgIpc) is 2.92. The minimum Gasteiger partial charge on any atom is -0.372 e. The van der Waals surface area contributed by atoms with Gasteiger partial charge in [0.1, 0.15) is 0 Å². The van der Waals surface area contributed by atoms with E-state index in [-0.39, 0.29) is 5.92 Å². The van der Waals surface area contributed by atoms with Crippen LogP contribution in [-0.4, -0.2) is 44.2 Å². The van der Waals surface area contributed by atoms with Crippen molar-refractivity contribution < 1.29 is 0 Å². The molecule has 0 fully saturated rings. The second-order valence-electron chi connectivity index (χ2n) is 9.73. The summed E-state index contributed by atoms with van der Waals surface area (Å²) in [6.45, 7) is 14.0. The van der Waals surface area contributed by atoms with Crippen molar-refractivity contribution in [2.24, 2.45) is 5.92 Å². The monoisotopic (exact) mass is 481 g/mol. The number of allylic oxidation sites excluding steroid dienone is 2. The van der Waals surface area contributed by atoms with Crippen LogP contribution in [0.5, 0.6) is 0 Å². The lowest BCUT2D eigenvalue weighted by molar-refractivity contribution is 0.285. The summed E-state index contributed by atoms with van der Waals surface area (Å²) >= 11 is 0. The van der Waals surface area contributed by atoms with Gasteiger partial charge in [-0.1, -0.05) is 86.7 Å². The quantitative estimate of drug-likeness (QED) is 0.298. The maximum absolute atomic E-state index is 3.39. The molecule has 0 aromatic heterocycles. The van der Waals surface area contributed by atoms with Crippen molar-refractivity contribution in [2.75, 3.05) is 38.1 Å². The van der Waals surface area contributed by atoms with E-state index in [0.717, 1.165) is 32.7 Å². The second-order valence-corrected chi connectivity index (χ2v) is 9.73. The fourth-order valence-corrected chi connectivity index (χ4v) is 5.77. The molecule has 1 aliphatic rings. The molecular formula is C33H43N3. The summed E-state index contributed by atoms with van der Waals surface area (Å²) in [4.78, 5) is 4.91. The van der Waals surface area contributed by atoms with Gasteiger partial charge in [0.25, 0.3) is 0 Å². The first-order valence-corrected chi connectivity index (χ1v) is 13.7. The number of benzene rings is 3. The number of nitrogens with one attached hydrogen (secondary N) is 1. The van der Waals surface area contributed by atoms with E-state index in [1.807, 2.05) is 7.05 Å². The van der Waals surface area contributed by atoms with Crippen LogP contribution in [0.4, 0.5) is 5.69 Å². The van der Waals surface area contributed by atoms with Gasteiger partial charge in [-0.05, 0) is 73.6 Å². The van der Waals surface area contributed by atoms with Crippen molar-refractivity contribution in [3.05, 3.63) is 102 Å². The van der Waals surface area contributed by atoms with E-state index < -0.39 is 0 Å². The Kier molecular flexibility index (Phi) is 9.01. The molecule has 3 heteroatoms. The van der Waals surface area contributed by atoms with Crippen LogP contribution in [0.15, 0.2) is 85.0 Å². The molecule has 0 radical (unpaired) electrons. The van der Waals surface area contributed by atoms with Crippen LogP contribution in [0.3, 0.4) is 0 Å². The number of likely N-dealkylation sites (N-methyl/N-ethyl adjacent to an activating group) is 1. The molecule has 0 saturated heterocycles. The van der Waals surface area contributed by atoms with Crippen LogP contribution >= 0.6 is 0 Å². The minimum absolute atomic E-state index is 0.265. The maximum Gasteiger partial charge on any atom is 0.0461 e. The molecule has 1 N–H and O–H groups in total. The second kappa shape index (κ2) is 12.4. The molecule has 3 nitrogen and oxygen atoms in total. The van der Waals surface area contributed by atoms with Crippen LogP contribution in [-0.2, 0) is 6.54 Å². The van der Waals surface area contributed by atoms with Crippen LogP contribution in [0.25, 0.3) is 10.8 Å². The van der Waals surface area contributed by atoms with Gasteiger partial charge in [0, 0.05) is 43.2 Å². The number of rotatable bonds is 11. The molecule has 1 unspecified atom stereocenters. The van der Waals surface area contributed by atoms with Crippen molar-refractivity contribution in [3.63, 3.8) is 0 Å². The number of fused-ring (bicyclic) bond motifs is 1. The third kappa shape index (κ3) is 5.58. The predicted molar refractivity (Wildman–Crippen MR) is 157 cm³/mol. The van der Waals surface area contributed by atoms with Crippen LogP contribution < -0.4 is 10.2 Å². The lowest BCUT2D eigenvalue weighted by atomic mass is 9.77. The van der Waals surface area contributed by atoms with E-state index >= 15 is 0 Å². The zero-order valence-electron chi connectivity index (χ0n) is 22.7. The number of hydrogen-bond acceptors (Lipinski definition) is 3. The average molecular weight is 482 g/mol. The Labute approximate surface area is 218 Å². The van der Waals surface area contributed by atoms with Gasteiger partial charge in [-0.25, -0.2) is 0 Å². The van der Waals surface area contributed by atoms with Gasteiger partial charge >= 0.3 is 0 Å². The summed E-state index contributed by atoms with van der Waals surface area (Å²) in [5.41, 5.74) is 5.42. The molecule has 1 atom stereocenters. The molecular weight excluding hydrogens is 438 g/mol. The zero-order valence-corrected chi connectivity index (χ0v) is 22.7. The van der Waals surface area contributed by atoms with Crippen molar-refractivity contribution >= 4 is 16.5 Å². The van der Waals surface area contributed by atoms with Gasteiger partial charge < -0.3 is 10.2 Å². The van der Waals surface area contributed by atoms with Crippen molar-refractivity contribution in [3.8, 4) is 0 Å². The van der Waals surface area contributed by atoms with Crippen LogP contribution in [0.2, 0.25) is 0 Å². The van der Waals surface area contributed by atoms with E-state index in [9.17, 15) is 0 Å². The van der Waals surface area contributed by atoms with E-state index in [1.54, 1.807) is 0 Å². The van der Waals surface area contributed by atoms with Gasteiger partial charge in [0.15, 0.2) is 0 Å². The van der Waals surface area contributed by atoms with Crippen molar-refractivity contribution in [1.82, 2.24) is 10.2 Å². The highest BCUT2D eigenvalue weighted by Crippen LogP contribution is 2.38. The van der Waals surface area contributed by atoms with Crippen LogP contribution in [0, 0.1) is 5.92 Å². The first-order chi connectivity index (χ1) is 17.6. The summed E-state index contributed by atoms with van der Waals surface area (Å²) in [6, 6.07) is 23.3. The smallest absolute Gasteiger partial charge is 0.0461 e. The Bertz CT molecular complexity index is 1160. The highest BCUT2D eigenvalue weighted by atomic mass is 15.1. The van der Waals surface area contributed by atoms with Gasteiger partial charge in [-0.15, -0.1) is 0 Å². The van der Waals surface area contributed by atoms with E-state index in [0.29, 0.717) is 12.0 Å². The predicted octanol–water partition coefficient (Wildman–Crippen LogP) is 6.99. The molecule has 0 amide bonds. The third-order valence-corrected chi connectivity index (χ3v) is 7.76. The number of anilines is 1. The van der Waals surface area contributed by atoms with E-state index in [2.05, 4.69) is 128 Å². The molecule has 1 aliphatic carbocycles. The Hall–Kier alpha value is -2.88. The Morgan fingerprint density at radius 1 is 0.750 bits per heavy atom. The molecule has 4 rings (SSSR count). The summed E-state index contributed by atoms with van der Waals surface area (Å²) in [5.74, 6) is 0.584. The first-order valence-electron chi connectivity index (χ1n) is 13.7. The summed E-state index contributed by atoms with van der Waals surface area (Å²) in [7, 11) is 2.03. The van der Waals surface area contributed by atoms with E-state index in [4.69, 9.17) is 0 Å². The van der Waals surface area contributed by atoms with Crippen molar-refractivity contribution in [1.29, 1.82) is 0 Å². The lowest BCUT2D eigenvalue weighted by Crippen LogP contribution is -2.33. The molecule has 3 aromatic rings. The SMILES string of the molecule is CCN(CC)c1ccc(C(c2cc(CNC)c3ccccc3c2)C2C=CC(N(CC)CC)C=C2)cc1. The largest absolute Gasteiger partial charge is 0.372 e. The maximum atomic E-state index is 3.39. The van der Waals surface area contributed by atoms with E-state index in [1.165, 1.54) is 33.2 Å². The molecule has 190 valence electrons. The minimum atomic E-state index is 0.265. The Morgan fingerprint density at radius 3 is 2.03 bits per heavy atom.